The number of carboxylic acid groups (broad SMARTS) is 1. The summed E-state index contributed by atoms with van der Waals surface area (Å²) in [6.45, 7) is -0.937. The van der Waals surface area contributed by atoms with Crippen molar-refractivity contribution in [1.29, 1.82) is 0 Å². The summed E-state index contributed by atoms with van der Waals surface area (Å²) in [4.78, 5) is 21.9. The van der Waals surface area contributed by atoms with Gasteiger partial charge in [-0.1, -0.05) is 0 Å². The lowest BCUT2D eigenvalue weighted by Crippen LogP contribution is -2.45. The molecule has 2 amide bonds. The van der Waals surface area contributed by atoms with Gasteiger partial charge in [0.15, 0.2) is 6.04 Å². The molecule has 1 aromatic rings. The minimum absolute atomic E-state index is 0.365. The number of hydrogen-bond acceptors (Lipinski definition) is 3. The summed E-state index contributed by atoms with van der Waals surface area (Å²) >= 11 is 0. The third kappa shape index (κ3) is 4.60. The van der Waals surface area contributed by atoms with Gasteiger partial charge in [-0.15, -0.1) is 0 Å². The zero-order chi connectivity index (χ0) is 16.2. The number of aliphatic hydroxyl groups is 1. The van der Waals surface area contributed by atoms with Crippen molar-refractivity contribution in [2.24, 2.45) is 0 Å². The van der Waals surface area contributed by atoms with Crippen LogP contribution in [-0.4, -0.2) is 34.9 Å². The van der Waals surface area contributed by atoms with E-state index in [-0.39, 0.29) is 0 Å². The summed E-state index contributed by atoms with van der Waals surface area (Å²) < 4.78 is 50.7. The van der Waals surface area contributed by atoms with Crippen molar-refractivity contribution < 1.29 is 37.4 Å². The van der Waals surface area contributed by atoms with E-state index < -0.39 is 47.9 Å². The monoisotopic (exact) mass is 310 g/mol. The maximum atomic E-state index is 13.3. The number of amides is 2. The number of rotatable bonds is 4. The van der Waals surface area contributed by atoms with Gasteiger partial charge in [0.25, 0.3) is 0 Å². The first kappa shape index (κ1) is 16.7. The molecule has 0 spiro atoms. The van der Waals surface area contributed by atoms with Crippen molar-refractivity contribution in [3.63, 3.8) is 0 Å². The molecule has 6 nitrogen and oxygen atoms in total. The first-order chi connectivity index (χ1) is 9.65. The highest BCUT2D eigenvalue weighted by atomic mass is 19.4. The summed E-state index contributed by atoms with van der Waals surface area (Å²) in [7, 11) is 0. The van der Waals surface area contributed by atoms with Gasteiger partial charge in [-0.2, -0.15) is 13.2 Å². The van der Waals surface area contributed by atoms with E-state index in [4.69, 9.17) is 10.2 Å². The van der Waals surface area contributed by atoms with Gasteiger partial charge in [0.1, 0.15) is 5.82 Å². The van der Waals surface area contributed by atoms with Crippen LogP contribution in [0.4, 0.5) is 28.0 Å². The maximum Gasteiger partial charge on any atom is 0.416 e. The second kappa shape index (κ2) is 6.39. The van der Waals surface area contributed by atoms with E-state index in [1.807, 2.05) is 0 Å². The number of hydrogen-bond donors (Lipinski definition) is 4. The molecule has 4 N–H and O–H groups in total. The second-order valence-corrected chi connectivity index (χ2v) is 3.86. The third-order valence-corrected chi connectivity index (χ3v) is 2.33. The molecule has 0 aliphatic heterocycles. The normalized spacial score (nSPS) is 12.6. The van der Waals surface area contributed by atoms with Crippen molar-refractivity contribution in [3.05, 3.63) is 29.6 Å². The van der Waals surface area contributed by atoms with E-state index in [2.05, 4.69) is 0 Å². The summed E-state index contributed by atoms with van der Waals surface area (Å²) in [6, 6.07) is -1.57. The fourth-order valence-electron chi connectivity index (χ4n) is 1.30. The van der Waals surface area contributed by atoms with Crippen LogP contribution in [-0.2, 0) is 11.0 Å². The van der Waals surface area contributed by atoms with Crippen molar-refractivity contribution >= 4 is 17.7 Å². The Labute approximate surface area is 115 Å². The number of urea groups is 1. The molecule has 0 aliphatic carbocycles. The Morgan fingerprint density at radius 1 is 1.29 bits per heavy atom. The Hall–Kier alpha value is -2.36. The van der Waals surface area contributed by atoms with Crippen LogP contribution in [0, 0.1) is 5.82 Å². The van der Waals surface area contributed by atoms with E-state index in [9.17, 15) is 27.2 Å². The molecule has 0 aromatic heterocycles. The van der Waals surface area contributed by atoms with E-state index >= 15 is 0 Å². The zero-order valence-corrected chi connectivity index (χ0v) is 10.2. The highest BCUT2D eigenvalue weighted by Gasteiger charge is 2.31. The molecule has 0 saturated heterocycles. The van der Waals surface area contributed by atoms with E-state index in [1.54, 1.807) is 10.6 Å². The van der Waals surface area contributed by atoms with Gasteiger partial charge in [0.2, 0.25) is 0 Å². The second-order valence-electron chi connectivity index (χ2n) is 3.86. The maximum absolute atomic E-state index is 13.3. The standard InChI is InChI=1S/C11H10F4N2O4/c12-6-2-1-5(11(13,14)15)3-7(6)16-10(21)17-8(4-18)9(19)20/h1-3,8,18H,4H2,(H,19,20)(H2,16,17,21)/t8-/m0/s1. The first-order valence-electron chi connectivity index (χ1n) is 5.43. The lowest BCUT2D eigenvalue weighted by molar-refractivity contribution is -0.140. The van der Waals surface area contributed by atoms with E-state index in [1.165, 1.54) is 0 Å². The lowest BCUT2D eigenvalue weighted by Gasteiger charge is -2.14. The minimum Gasteiger partial charge on any atom is -0.480 e. The lowest BCUT2D eigenvalue weighted by atomic mass is 10.2. The number of carbonyl (C=O) groups excluding carboxylic acids is 1. The number of anilines is 1. The molecule has 10 heteroatoms. The number of aliphatic hydroxyl groups excluding tert-OH is 1. The average molecular weight is 310 g/mol. The van der Waals surface area contributed by atoms with Gasteiger partial charge in [0.05, 0.1) is 17.9 Å². The number of carboxylic acids is 1. The van der Waals surface area contributed by atoms with Crippen LogP contribution in [0.3, 0.4) is 0 Å². The number of aliphatic carboxylic acids is 1. The molecule has 0 bridgehead atoms. The summed E-state index contributed by atoms with van der Waals surface area (Å²) in [5, 5.41) is 20.7. The average Bonchev–Trinajstić information content (AvgIpc) is 2.36. The molecule has 1 atom stereocenters. The molecule has 0 radical (unpaired) electrons. The highest BCUT2D eigenvalue weighted by molar-refractivity contribution is 5.92. The molecule has 0 saturated carbocycles. The predicted molar refractivity (Wildman–Crippen MR) is 62.1 cm³/mol. The van der Waals surface area contributed by atoms with Gasteiger partial charge in [-0.05, 0) is 18.2 Å². The van der Waals surface area contributed by atoms with Crippen molar-refractivity contribution in [3.8, 4) is 0 Å². The topological polar surface area (TPSA) is 98.7 Å². The smallest absolute Gasteiger partial charge is 0.416 e. The predicted octanol–water partition coefficient (Wildman–Crippen LogP) is 1.41. The molecule has 0 fully saturated rings. The molecule has 0 unspecified atom stereocenters. The fraction of sp³-hybridized carbons (Fsp3) is 0.273. The first-order valence-corrected chi connectivity index (χ1v) is 5.43. The summed E-state index contributed by atoms with van der Waals surface area (Å²) in [6.07, 6.45) is -4.73. The molecule has 1 rings (SSSR count). The zero-order valence-electron chi connectivity index (χ0n) is 10.2. The molecule has 0 aliphatic rings. The van der Waals surface area contributed by atoms with Crippen LogP contribution >= 0.6 is 0 Å². The third-order valence-electron chi connectivity index (χ3n) is 2.33. The fourth-order valence-corrected chi connectivity index (χ4v) is 1.30. The van der Waals surface area contributed by atoms with Crippen LogP contribution in [0.5, 0.6) is 0 Å². The van der Waals surface area contributed by atoms with Crippen molar-refractivity contribution in [1.82, 2.24) is 5.32 Å². The Balaban J connectivity index is 2.87. The number of nitrogens with one attached hydrogen (secondary N) is 2. The molecule has 21 heavy (non-hydrogen) atoms. The van der Waals surface area contributed by atoms with E-state index in [0.29, 0.717) is 18.2 Å². The molecule has 0 heterocycles. The Morgan fingerprint density at radius 3 is 2.38 bits per heavy atom. The highest BCUT2D eigenvalue weighted by Crippen LogP contribution is 2.31. The van der Waals surface area contributed by atoms with Gasteiger partial charge in [-0.25, -0.2) is 14.0 Å². The van der Waals surface area contributed by atoms with Gasteiger partial charge >= 0.3 is 18.2 Å². The Morgan fingerprint density at radius 2 is 1.90 bits per heavy atom. The summed E-state index contributed by atoms with van der Waals surface area (Å²) in [5.41, 5.74) is -1.96. The van der Waals surface area contributed by atoms with Crippen LogP contribution in [0.2, 0.25) is 0 Å². The largest absolute Gasteiger partial charge is 0.480 e. The van der Waals surface area contributed by atoms with Crippen LogP contribution in [0.25, 0.3) is 0 Å². The van der Waals surface area contributed by atoms with Crippen LogP contribution in [0.15, 0.2) is 18.2 Å². The van der Waals surface area contributed by atoms with Crippen molar-refractivity contribution in [2.45, 2.75) is 12.2 Å². The SMILES string of the molecule is O=C(Nc1cc(C(F)(F)F)ccc1F)N[C@@H](CO)C(=O)O. The Kier molecular flexibility index (Phi) is 5.08. The number of carbonyl (C=O) groups is 2. The van der Waals surface area contributed by atoms with Crippen molar-refractivity contribution in [2.75, 3.05) is 11.9 Å². The van der Waals surface area contributed by atoms with Crippen LogP contribution < -0.4 is 10.6 Å². The van der Waals surface area contributed by atoms with Gasteiger partial charge < -0.3 is 20.8 Å². The van der Waals surface area contributed by atoms with Gasteiger partial charge in [0, 0.05) is 0 Å². The van der Waals surface area contributed by atoms with Crippen LogP contribution in [0.1, 0.15) is 5.56 Å². The molecule has 116 valence electrons. The number of halogens is 4. The minimum atomic E-state index is -4.73. The molecule has 1 aromatic carbocycles. The number of alkyl halides is 3. The van der Waals surface area contributed by atoms with Gasteiger partial charge in [-0.3, -0.25) is 0 Å². The van der Waals surface area contributed by atoms with E-state index in [0.717, 1.165) is 0 Å². The molecular formula is C11H10F4N2O4. The molecular weight excluding hydrogens is 300 g/mol. The number of benzene rings is 1. The summed E-state index contributed by atoms with van der Waals surface area (Å²) in [5.74, 6) is -2.69. The Bertz CT molecular complexity index is 548. The quantitative estimate of drug-likeness (QED) is 0.632.